The summed E-state index contributed by atoms with van der Waals surface area (Å²) in [7, 11) is 0. The van der Waals surface area contributed by atoms with Crippen LogP contribution in [0.15, 0.2) is 72.8 Å². The number of benzene rings is 3. The molecule has 3 aromatic rings. The number of carbonyl (C=O) groups is 1. The van der Waals surface area contributed by atoms with E-state index < -0.39 is 5.41 Å². The molecule has 1 fully saturated rings. The van der Waals surface area contributed by atoms with Crippen LogP contribution in [0.3, 0.4) is 0 Å². The maximum Gasteiger partial charge on any atom is 0.235 e. The van der Waals surface area contributed by atoms with Crippen molar-refractivity contribution in [3.8, 4) is 5.75 Å². The highest BCUT2D eigenvalue weighted by Crippen LogP contribution is 2.42. The molecule has 0 atom stereocenters. The molecule has 4 rings (SSSR count). The Morgan fingerprint density at radius 1 is 1.00 bits per heavy atom. The highest BCUT2D eigenvalue weighted by Gasteiger charge is 2.42. The Labute approximate surface area is 183 Å². The van der Waals surface area contributed by atoms with Crippen molar-refractivity contribution in [2.75, 3.05) is 5.32 Å². The van der Waals surface area contributed by atoms with Crippen molar-refractivity contribution in [2.45, 2.75) is 44.6 Å². The molecule has 0 unspecified atom stereocenters. The number of ether oxygens (including phenoxy) is 1. The lowest BCUT2D eigenvalue weighted by Crippen LogP contribution is -2.38. The maximum absolute atomic E-state index is 13.4. The molecule has 3 nitrogen and oxygen atoms in total. The fraction of sp³-hybridized carbons (Fsp3) is 0.269. The van der Waals surface area contributed by atoms with Crippen LogP contribution in [-0.4, -0.2) is 5.91 Å². The molecular formula is C26H26ClNO2. The Bertz CT molecular complexity index is 1010. The van der Waals surface area contributed by atoms with E-state index in [0.717, 1.165) is 53.8 Å². The van der Waals surface area contributed by atoms with Gasteiger partial charge in [-0.25, -0.2) is 0 Å². The number of hydrogen-bond donors (Lipinski definition) is 1. The average Bonchev–Trinajstić information content (AvgIpc) is 3.26. The van der Waals surface area contributed by atoms with Gasteiger partial charge in [0.05, 0.1) is 5.41 Å². The first-order valence-electron chi connectivity index (χ1n) is 10.4. The summed E-state index contributed by atoms with van der Waals surface area (Å²) in [4.78, 5) is 13.4. The first-order chi connectivity index (χ1) is 14.6. The van der Waals surface area contributed by atoms with E-state index in [2.05, 4.69) is 5.32 Å². The van der Waals surface area contributed by atoms with Gasteiger partial charge in [-0.2, -0.15) is 0 Å². The molecule has 1 amide bonds. The summed E-state index contributed by atoms with van der Waals surface area (Å²) in [6, 6.07) is 23.6. The van der Waals surface area contributed by atoms with E-state index in [1.165, 1.54) is 0 Å². The van der Waals surface area contributed by atoms with Crippen molar-refractivity contribution in [1.29, 1.82) is 0 Å². The fourth-order valence-electron chi connectivity index (χ4n) is 4.27. The molecule has 4 heteroatoms. The van der Waals surface area contributed by atoms with Crippen molar-refractivity contribution >= 4 is 23.2 Å². The molecule has 3 aromatic carbocycles. The summed E-state index contributed by atoms with van der Waals surface area (Å²) >= 11 is 6.06. The number of hydrogen-bond acceptors (Lipinski definition) is 2. The third-order valence-electron chi connectivity index (χ3n) is 5.96. The lowest BCUT2D eigenvalue weighted by Gasteiger charge is -2.28. The van der Waals surface area contributed by atoms with Crippen LogP contribution in [0.2, 0.25) is 5.02 Å². The zero-order valence-electron chi connectivity index (χ0n) is 17.2. The number of nitrogens with one attached hydrogen (secondary N) is 1. The summed E-state index contributed by atoms with van der Waals surface area (Å²) in [5, 5.41) is 3.84. The quantitative estimate of drug-likeness (QED) is 0.484. The predicted octanol–water partition coefficient (Wildman–Crippen LogP) is 6.68. The van der Waals surface area contributed by atoms with Gasteiger partial charge in [-0.05, 0) is 66.8 Å². The monoisotopic (exact) mass is 419 g/mol. The number of aryl methyl sites for hydroxylation is 1. The lowest BCUT2D eigenvalue weighted by atomic mass is 9.78. The van der Waals surface area contributed by atoms with Gasteiger partial charge in [0.25, 0.3) is 0 Å². The van der Waals surface area contributed by atoms with Gasteiger partial charge in [0.15, 0.2) is 0 Å². The molecule has 0 heterocycles. The van der Waals surface area contributed by atoms with Crippen LogP contribution in [0, 0.1) is 6.92 Å². The van der Waals surface area contributed by atoms with E-state index in [4.69, 9.17) is 16.3 Å². The summed E-state index contributed by atoms with van der Waals surface area (Å²) in [5.74, 6) is 0.879. The minimum absolute atomic E-state index is 0.0553. The minimum atomic E-state index is -0.485. The van der Waals surface area contributed by atoms with Crippen molar-refractivity contribution in [2.24, 2.45) is 0 Å². The number of carbonyl (C=O) groups excluding carboxylic acids is 1. The SMILES string of the molecule is Cc1cc(NC(=O)C2(c3ccc(Cl)cc3)CCCC2)ccc1OCc1ccccc1. The van der Waals surface area contributed by atoms with Crippen LogP contribution < -0.4 is 10.1 Å². The standard InChI is InChI=1S/C26H26ClNO2/c1-19-17-23(13-14-24(19)30-18-20-7-3-2-4-8-20)28-25(29)26(15-5-6-16-26)21-9-11-22(27)12-10-21/h2-4,7-14,17H,5-6,15-16,18H2,1H3,(H,28,29). The Morgan fingerprint density at radius 2 is 1.70 bits per heavy atom. The van der Waals surface area contributed by atoms with Gasteiger partial charge < -0.3 is 10.1 Å². The molecule has 0 spiro atoms. The molecule has 0 aromatic heterocycles. The lowest BCUT2D eigenvalue weighted by molar-refractivity contribution is -0.121. The second-order valence-electron chi connectivity index (χ2n) is 8.00. The average molecular weight is 420 g/mol. The van der Waals surface area contributed by atoms with Crippen molar-refractivity contribution in [3.05, 3.63) is 94.5 Å². The van der Waals surface area contributed by atoms with Crippen LogP contribution in [0.1, 0.15) is 42.4 Å². The third kappa shape index (κ3) is 4.36. The summed E-state index contributed by atoms with van der Waals surface area (Å²) in [6.07, 6.45) is 3.83. The highest BCUT2D eigenvalue weighted by molar-refractivity contribution is 6.30. The fourth-order valence-corrected chi connectivity index (χ4v) is 4.40. The Morgan fingerprint density at radius 3 is 2.37 bits per heavy atom. The number of halogens is 1. The number of amides is 1. The second kappa shape index (κ2) is 8.93. The number of rotatable bonds is 6. The Hall–Kier alpha value is -2.78. The molecule has 1 saturated carbocycles. The Kier molecular flexibility index (Phi) is 6.10. The molecule has 154 valence electrons. The zero-order chi connectivity index (χ0) is 21.0. The van der Waals surface area contributed by atoms with Crippen molar-refractivity contribution < 1.29 is 9.53 Å². The molecule has 0 aliphatic heterocycles. The van der Waals surface area contributed by atoms with Gasteiger partial charge in [0, 0.05) is 10.7 Å². The van der Waals surface area contributed by atoms with Gasteiger partial charge >= 0.3 is 0 Å². The maximum atomic E-state index is 13.4. The van der Waals surface area contributed by atoms with Crippen LogP contribution in [0.4, 0.5) is 5.69 Å². The zero-order valence-corrected chi connectivity index (χ0v) is 17.9. The van der Waals surface area contributed by atoms with E-state index in [0.29, 0.717) is 11.6 Å². The van der Waals surface area contributed by atoms with Gasteiger partial charge in [-0.15, -0.1) is 0 Å². The molecule has 30 heavy (non-hydrogen) atoms. The van der Waals surface area contributed by atoms with E-state index in [-0.39, 0.29) is 5.91 Å². The largest absolute Gasteiger partial charge is 0.489 e. The topological polar surface area (TPSA) is 38.3 Å². The predicted molar refractivity (Wildman–Crippen MR) is 122 cm³/mol. The smallest absolute Gasteiger partial charge is 0.235 e. The molecule has 1 aliphatic carbocycles. The summed E-state index contributed by atoms with van der Waals surface area (Å²) < 4.78 is 5.96. The highest BCUT2D eigenvalue weighted by atomic mass is 35.5. The van der Waals surface area contributed by atoms with E-state index in [9.17, 15) is 4.79 Å². The molecule has 0 radical (unpaired) electrons. The van der Waals surface area contributed by atoms with Crippen LogP contribution in [0.25, 0.3) is 0 Å². The van der Waals surface area contributed by atoms with E-state index >= 15 is 0 Å². The molecular weight excluding hydrogens is 394 g/mol. The van der Waals surface area contributed by atoms with Gasteiger partial charge in [0.2, 0.25) is 5.91 Å². The first-order valence-corrected chi connectivity index (χ1v) is 10.8. The summed E-state index contributed by atoms with van der Waals surface area (Å²) in [5.41, 5.74) is 3.48. The molecule has 1 N–H and O–H groups in total. The number of anilines is 1. The third-order valence-corrected chi connectivity index (χ3v) is 6.21. The molecule has 0 bridgehead atoms. The van der Waals surface area contributed by atoms with Gasteiger partial charge in [0.1, 0.15) is 12.4 Å². The normalized spacial score (nSPS) is 15.0. The van der Waals surface area contributed by atoms with Crippen LogP contribution >= 0.6 is 11.6 Å². The van der Waals surface area contributed by atoms with Gasteiger partial charge in [-0.3, -0.25) is 4.79 Å². The molecule has 0 saturated heterocycles. The van der Waals surface area contributed by atoms with Crippen molar-refractivity contribution in [3.63, 3.8) is 0 Å². The summed E-state index contributed by atoms with van der Waals surface area (Å²) in [6.45, 7) is 2.52. The minimum Gasteiger partial charge on any atom is -0.489 e. The Balaban J connectivity index is 1.48. The van der Waals surface area contributed by atoms with Crippen molar-refractivity contribution in [1.82, 2.24) is 0 Å². The van der Waals surface area contributed by atoms with Gasteiger partial charge in [-0.1, -0.05) is 66.9 Å². The van der Waals surface area contributed by atoms with E-state index in [1.807, 2.05) is 79.7 Å². The first kappa shape index (κ1) is 20.5. The molecule has 1 aliphatic rings. The van der Waals surface area contributed by atoms with Crippen LogP contribution in [0.5, 0.6) is 5.75 Å². The second-order valence-corrected chi connectivity index (χ2v) is 8.44. The van der Waals surface area contributed by atoms with Crippen LogP contribution in [-0.2, 0) is 16.8 Å². The van der Waals surface area contributed by atoms with E-state index in [1.54, 1.807) is 0 Å².